The average Bonchev–Trinajstić information content (AvgIpc) is 3.18. The maximum atomic E-state index is 13.2. The molecule has 2 aromatic carbocycles. The van der Waals surface area contributed by atoms with Crippen LogP contribution >= 0.6 is 0 Å². The number of carbonyl (C=O) groups excluding carboxylic acids is 1. The molecule has 5 heteroatoms. The minimum atomic E-state index is -0.210. The van der Waals surface area contributed by atoms with E-state index in [9.17, 15) is 9.18 Å². The Hall–Kier alpha value is -2.24. The van der Waals surface area contributed by atoms with Crippen LogP contribution < -0.4 is 0 Å². The molecule has 2 aliphatic heterocycles. The number of amides is 1. The first-order valence-electron chi connectivity index (χ1n) is 10.2. The third kappa shape index (κ3) is 4.59. The predicted octanol–water partition coefficient (Wildman–Crippen LogP) is 3.31. The normalized spacial score (nSPS) is 21.2. The predicted molar refractivity (Wildman–Crippen MR) is 108 cm³/mol. The average molecular weight is 381 g/mol. The van der Waals surface area contributed by atoms with E-state index in [1.807, 2.05) is 23.1 Å². The summed E-state index contributed by atoms with van der Waals surface area (Å²) in [5.41, 5.74) is 2.43. The Kier molecular flexibility index (Phi) is 6.03. The van der Waals surface area contributed by atoms with E-state index in [4.69, 9.17) is 0 Å². The molecule has 0 aromatic heterocycles. The summed E-state index contributed by atoms with van der Waals surface area (Å²) in [6, 6.07) is 17.4. The number of halogens is 1. The van der Waals surface area contributed by atoms with Crippen molar-refractivity contribution in [2.45, 2.75) is 25.4 Å². The van der Waals surface area contributed by atoms with Crippen molar-refractivity contribution >= 4 is 5.91 Å². The van der Waals surface area contributed by atoms with Crippen LogP contribution in [-0.2, 0) is 11.3 Å². The van der Waals surface area contributed by atoms with Crippen molar-refractivity contribution in [1.29, 1.82) is 0 Å². The minimum Gasteiger partial charge on any atom is -0.339 e. The van der Waals surface area contributed by atoms with Gasteiger partial charge in [0, 0.05) is 38.8 Å². The summed E-state index contributed by atoms with van der Waals surface area (Å²) in [6.07, 6.45) is 2.12. The van der Waals surface area contributed by atoms with E-state index in [2.05, 4.69) is 34.1 Å². The Balaban J connectivity index is 1.29. The van der Waals surface area contributed by atoms with Crippen LogP contribution in [0.1, 0.15) is 30.0 Å². The van der Waals surface area contributed by atoms with E-state index in [1.54, 1.807) is 0 Å². The molecule has 1 atom stereocenters. The molecule has 4 nitrogen and oxygen atoms in total. The number of benzene rings is 2. The van der Waals surface area contributed by atoms with Gasteiger partial charge in [-0.1, -0.05) is 42.5 Å². The molecule has 148 valence electrons. The molecule has 4 rings (SSSR count). The van der Waals surface area contributed by atoms with E-state index in [-0.39, 0.29) is 17.8 Å². The number of hydrogen-bond acceptors (Lipinski definition) is 3. The summed E-state index contributed by atoms with van der Waals surface area (Å²) in [6.45, 7) is 5.76. The van der Waals surface area contributed by atoms with Gasteiger partial charge in [-0.15, -0.1) is 0 Å². The van der Waals surface area contributed by atoms with Gasteiger partial charge in [0.25, 0.3) is 0 Å². The van der Waals surface area contributed by atoms with Gasteiger partial charge in [0.15, 0.2) is 0 Å². The Bertz CT molecular complexity index is 772. The highest BCUT2D eigenvalue weighted by Gasteiger charge is 2.30. The number of piperazine rings is 1. The molecule has 0 aliphatic carbocycles. The molecular weight excluding hydrogens is 353 g/mol. The first-order valence-corrected chi connectivity index (χ1v) is 10.2. The third-order valence-corrected chi connectivity index (χ3v) is 5.93. The first-order chi connectivity index (χ1) is 13.7. The summed E-state index contributed by atoms with van der Waals surface area (Å²) >= 11 is 0. The molecule has 0 bridgehead atoms. The molecule has 0 N–H and O–H groups in total. The lowest BCUT2D eigenvalue weighted by Crippen LogP contribution is -2.50. The zero-order valence-electron chi connectivity index (χ0n) is 16.3. The number of likely N-dealkylation sites (tertiary alicyclic amines) is 1. The van der Waals surface area contributed by atoms with Crippen LogP contribution in [-0.4, -0.2) is 59.9 Å². The Morgan fingerprint density at radius 1 is 0.929 bits per heavy atom. The third-order valence-electron chi connectivity index (χ3n) is 5.93. The molecule has 0 radical (unpaired) electrons. The van der Waals surface area contributed by atoms with Crippen LogP contribution in [0.5, 0.6) is 0 Å². The fourth-order valence-electron chi connectivity index (χ4n) is 4.35. The zero-order chi connectivity index (χ0) is 19.3. The monoisotopic (exact) mass is 381 g/mol. The maximum absolute atomic E-state index is 13.2. The second kappa shape index (κ2) is 8.84. The molecule has 1 amide bonds. The van der Waals surface area contributed by atoms with Gasteiger partial charge in [0.05, 0.1) is 6.54 Å². The summed E-state index contributed by atoms with van der Waals surface area (Å²) in [5.74, 6) is 0.00567. The smallest absolute Gasteiger partial charge is 0.236 e. The fourth-order valence-corrected chi connectivity index (χ4v) is 4.35. The van der Waals surface area contributed by atoms with Crippen LogP contribution in [0.2, 0.25) is 0 Å². The van der Waals surface area contributed by atoms with Crippen LogP contribution in [0.3, 0.4) is 0 Å². The molecule has 0 spiro atoms. The molecule has 2 fully saturated rings. The van der Waals surface area contributed by atoms with Gasteiger partial charge in [-0.3, -0.25) is 14.6 Å². The summed E-state index contributed by atoms with van der Waals surface area (Å²) < 4.78 is 13.2. The van der Waals surface area contributed by atoms with Crippen molar-refractivity contribution in [3.8, 4) is 0 Å². The quantitative estimate of drug-likeness (QED) is 0.795. The van der Waals surface area contributed by atoms with Gasteiger partial charge >= 0.3 is 0 Å². The Labute approximate surface area is 166 Å². The van der Waals surface area contributed by atoms with Gasteiger partial charge in [-0.25, -0.2) is 4.39 Å². The second-order valence-corrected chi connectivity index (χ2v) is 7.82. The number of nitrogens with zero attached hydrogens (tertiary/aromatic N) is 3. The van der Waals surface area contributed by atoms with E-state index in [1.165, 1.54) is 17.7 Å². The van der Waals surface area contributed by atoms with E-state index in [0.29, 0.717) is 6.54 Å². The van der Waals surface area contributed by atoms with Crippen LogP contribution in [0.25, 0.3) is 0 Å². The van der Waals surface area contributed by atoms with E-state index < -0.39 is 0 Å². The van der Waals surface area contributed by atoms with Crippen molar-refractivity contribution in [2.75, 3.05) is 39.3 Å². The first kappa shape index (κ1) is 19.1. The highest BCUT2D eigenvalue weighted by molar-refractivity contribution is 5.78. The van der Waals surface area contributed by atoms with Crippen molar-refractivity contribution in [1.82, 2.24) is 14.7 Å². The van der Waals surface area contributed by atoms with Gasteiger partial charge < -0.3 is 4.90 Å². The molecule has 28 heavy (non-hydrogen) atoms. The van der Waals surface area contributed by atoms with Gasteiger partial charge in [-0.05, 0) is 42.6 Å². The zero-order valence-corrected chi connectivity index (χ0v) is 16.3. The minimum absolute atomic E-state index is 0.210. The Morgan fingerprint density at radius 3 is 2.36 bits per heavy atom. The van der Waals surface area contributed by atoms with Crippen LogP contribution in [0, 0.1) is 5.82 Å². The standard InChI is InChI=1S/C23H28FN3O/c24-21-10-8-20(9-11-21)22-7-4-12-27(22)18-23(28)26-15-13-25(14-16-26)17-19-5-2-1-3-6-19/h1-3,5-6,8-11,22H,4,7,12-18H2. The van der Waals surface area contributed by atoms with E-state index in [0.717, 1.165) is 57.7 Å². The fraction of sp³-hybridized carbons (Fsp3) is 0.435. The molecule has 0 saturated carbocycles. The van der Waals surface area contributed by atoms with E-state index >= 15 is 0 Å². The topological polar surface area (TPSA) is 26.8 Å². The molecule has 1 unspecified atom stereocenters. The molecule has 2 aliphatic rings. The maximum Gasteiger partial charge on any atom is 0.236 e. The van der Waals surface area contributed by atoms with Crippen molar-refractivity contribution in [3.63, 3.8) is 0 Å². The molecular formula is C23H28FN3O. The summed E-state index contributed by atoms with van der Waals surface area (Å²) in [4.78, 5) is 19.5. The van der Waals surface area contributed by atoms with Crippen molar-refractivity contribution in [3.05, 3.63) is 71.5 Å². The highest BCUT2D eigenvalue weighted by atomic mass is 19.1. The van der Waals surface area contributed by atoms with Gasteiger partial charge in [0.1, 0.15) is 5.82 Å². The molecule has 2 saturated heterocycles. The summed E-state index contributed by atoms with van der Waals surface area (Å²) in [7, 11) is 0. The Morgan fingerprint density at radius 2 is 1.64 bits per heavy atom. The lowest BCUT2D eigenvalue weighted by Gasteiger charge is -2.36. The summed E-state index contributed by atoms with van der Waals surface area (Å²) in [5, 5.41) is 0. The molecule has 2 heterocycles. The van der Waals surface area contributed by atoms with Crippen molar-refractivity contribution in [2.24, 2.45) is 0 Å². The molecule has 2 aromatic rings. The second-order valence-electron chi connectivity index (χ2n) is 7.82. The van der Waals surface area contributed by atoms with Crippen LogP contribution in [0.4, 0.5) is 4.39 Å². The number of rotatable bonds is 5. The SMILES string of the molecule is O=C(CN1CCCC1c1ccc(F)cc1)N1CCN(Cc2ccccc2)CC1. The van der Waals surface area contributed by atoms with Gasteiger partial charge in [0.2, 0.25) is 5.91 Å². The lowest BCUT2D eigenvalue weighted by molar-refractivity contribution is -0.134. The van der Waals surface area contributed by atoms with Gasteiger partial charge in [-0.2, -0.15) is 0 Å². The lowest BCUT2D eigenvalue weighted by atomic mass is 10.0. The highest BCUT2D eigenvalue weighted by Crippen LogP contribution is 2.31. The van der Waals surface area contributed by atoms with Crippen molar-refractivity contribution < 1.29 is 9.18 Å². The largest absolute Gasteiger partial charge is 0.339 e. The number of hydrogen-bond donors (Lipinski definition) is 0. The number of carbonyl (C=O) groups is 1. The van der Waals surface area contributed by atoms with Crippen LogP contribution in [0.15, 0.2) is 54.6 Å².